The van der Waals surface area contributed by atoms with E-state index in [0.29, 0.717) is 0 Å². The van der Waals surface area contributed by atoms with Gasteiger partial charge in [0.1, 0.15) is 0 Å². The lowest BCUT2D eigenvalue weighted by atomic mass is 10.2. The van der Waals surface area contributed by atoms with Crippen LogP contribution in [-0.2, 0) is 4.79 Å². The fourth-order valence-corrected chi connectivity index (χ4v) is 0.485. The van der Waals surface area contributed by atoms with Crippen LogP contribution in [0.4, 0.5) is 0 Å². The first kappa shape index (κ1) is 8.17. The van der Waals surface area contributed by atoms with Gasteiger partial charge in [0, 0.05) is 6.61 Å². The number of carbonyl (C=O) groups excluding carboxylic acids is 1. The Morgan fingerprint density at radius 2 is 2.33 bits per heavy atom. The molecule has 0 heterocycles. The van der Waals surface area contributed by atoms with Crippen LogP contribution < -0.4 is 5.11 Å². The van der Waals surface area contributed by atoms with Gasteiger partial charge in [-0.2, -0.15) is 0 Å². The number of carbonyl (C=O) groups is 1. The fraction of sp³-hybridized carbons (Fsp3) is 0.500. The highest BCUT2D eigenvalue weighted by molar-refractivity contribution is 5.84. The van der Waals surface area contributed by atoms with Gasteiger partial charge in [0.05, 0.1) is 5.97 Å². The van der Waals surface area contributed by atoms with Crippen molar-refractivity contribution in [2.45, 2.75) is 13.3 Å². The van der Waals surface area contributed by atoms with Crippen molar-refractivity contribution in [2.24, 2.45) is 0 Å². The van der Waals surface area contributed by atoms with Crippen molar-refractivity contribution < 1.29 is 15.0 Å². The van der Waals surface area contributed by atoms with Gasteiger partial charge >= 0.3 is 0 Å². The van der Waals surface area contributed by atoms with Crippen molar-refractivity contribution in [2.75, 3.05) is 6.61 Å². The summed E-state index contributed by atoms with van der Waals surface area (Å²) in [6.07, 6.45) is 1.59. The second-order valence-corrected chi connectivity index (χ2v) is 1.57. The number of rotatable bonds is 3. The van der Waals surface area contributed by atoms with E-state index in [1.807, 2.05) is 0 Å². The molecule has 0 radical (unpaired) electrons. The topological polar surface area (TPSA) is 60.4 Å². The van der Waals surface area contributed by atoms with Gasteiger partial charge in [-0.25, -0.2) is 0 Å². The van der Waals surface area contributed by atoms with Crippen molar-refractivity contribution in [3.8, 4) is 0 Å². The van der Waals surface area contributed by atoms with E-state index in [2.05, 4.69) is 0 Å². The molecule has 0 bridgehead atoms. The summed E-state index contributed by atoms with van der Waals surface area (Å²) in [7, 11) is 0. The van der Waals surface area contributed by atoms with Gasteiger partial charge in [0.2, 0.25) is 0 Å². The zero-order valence-electron chi connectivity index (χ0n) is 5.26. The van der Waals surface area contributed by atoms with Gasteiger partial charge in [-0.05, 0) is 18.9 Å². The molecule has 0 atom stereocenters. The van der Waals surface area contributed by atoms with Crippen molar-refractivity contribution in [1.82, 2.24) is 0 Å². The van der Waals surface area contributed by atoms with Crippen LogP contribution in [0.1, 0.15) is 13.3 Å². The predicted molar refractivity (Wildman–Crippen MR) is 30.5 cm³/mol. The van der Waals surface area contributed by atoms with E-state index in [1.165, 1.54) is 6.08 Å². The molecule has 0 aromatic carbocycles. The molecule has 1 N–H and O–H groups in total. The quantitative estimate of drug-likeness (QED) is 0.500. The lowest BCUT2D eigenvalue weighted by Crippen LogP contribution is -2.24. The number of carboxylic acid groups (broad SMARTS) is 1. The highest BCUT2D eigenvalue weighted by Gasteiger charge is 1.93. The Morgan fingerprint density at radius 3 is 2.44 bits per heavy atom. The van der Waals surface area contributed by atoms with Crippen LogP contribution in [0.3, 0.4) is 0 Å². The number of carboxylic acids is 1. The normalized spacial score (nSPS) is 11.6. The Labute approximate surface area is 53.6 Å². The highest BCUT2D eigenvalue weighted by Crippen LogP contribution is 1.96. The Bertz CT molecular complexity index is 126. The maximum absolute atomic E-state index is 10.0. The molecular formula is C6H9O3-. The summed E-state index contributed by atoms with van der Waals surface area (Å²) >= 11 is 0. The molecule has 0 aliphatic rings. The van der Waals surface area contributed by atoms with Crippen LogP contribution in [0.2, 0.25) is 0 Å². The smallest absolute Gasteiger partial charge is 0.0672 e. The number of hydrogen-bond acceptors (Lipinski definition) is 3. The van der Waals surface area contributed by atoms with Gasteiger partial charge in [0.15, 0.2) is 0 Å². The van der Waals surface area contributed by atoms with Gasteiger partial charge in [-0.1, -0.05) is 6.08 Å². The molecule has 0 aromatic rings. The molecule has 0 rings (SSSR count). The summed E-state index contributed by atoms with van der Waals surface area (Å²) in [4.78, 5) is 10.0. The monoisotopic (exact) mass is 129 g/mol. The molecule has 0 aliphatic carbocycles. The van der Waals surface area contributed by atoms with Gasteiger partial charge in [0.25, 0.3) is 0 Å². The molecular weight excluding hydrogens is 120 g/mol. The number of aliphatic carboxylic acids is 1. The molecule has 0 saturated carbocycles. The van der Waals surface area contributed by atoms with Crippen molar-refractivity contribution in [3.05, 3.63) is 11.6 Å². The van der Waals surface area contributed by atoms with Crippen LogP contribution in [0, 0.1) is 0 Å². The summed E-state index contributed by atoms with van der Waals surface area (Å²) < 4.78 is 0. The summed E-state index contributed by atoms with van der Waals surface area (Å²) in [6, 6.07) is 0. The minimum absolute atomic E-state index is 0.145. The Kier molecular flexibility index (Phi) is 3.71. The maximum Gasteiger partial charge on any atom is 0.0672 e. The Morgan fingerprint density at radius 1 is 1.78 bits per heavy atom. The van der Waals surface area contributed by atoms with E-state index in [0.717, 1.165) is 0 Å². The standard InChI is InChI=1S/C6H10O3/c1-2-5(3-4-7)6(8)9/h2,7H,3-4H2,1H3,(H,8,9)/p-1/b5-2+. The van der Waals surface area contributed by atoms with Crippen molar-refractivity contribution >= 4 is 5.97 Å². The Hall–Kier alpha value is -0.830. The molecule has 3 heteroatoms. The second kappa shape index (κ2) is 4.09. The molecule has 0 amide bonds. The van der Waals surface area contributed by atoms with Crippen LogP contribution in [0.25, 0.3) is 0 Å². The third-order valence-corrected chi connectivity index (χ3v) is 0.992. The van der Waals surface area contributed by atoms with Crippen molar-refractivity contribution in [3.63, 3.8) is 0 Å². The molecule has 9 heavy (non-hydrogen) atoms. The average Bonchev–Trinajstić information content (AvgIpc) is 1.82. The third-order valence-electron chi connectivity index (χ3n) is 0.992. The van der Waals surface area contributed by atoms with Crippen molar-refractivity contribution in [1.29, 1.82) is 0 Å². The molecule has 0 fully saturated rings. The third kappa shape index (κ3) is 2.87. The molecule has 0 unspecified atom stereocenters. The van der Waals surface area contributed by atoms with Gasteiger partial charge in [-0.15, -0.1) is 0 Å². The molecule has 0 spiro atoms. The summed E-state index contributed by atoms with van der Waals surface area (Å²) in [6.45, 7) is 1.45. The zero-order valence-corrected chi connectivity index (χ0v) is 5.26. The number of hydrogen-bond donors (Lipinski definition) is 1. The predicted octanol–water partition coefficient (Wildman–Crippen LogP) is -0.935. The van der Waals surface area contributed by atoms with E-state index < -0.39 is 5.97 Å². The minimum atomic E-state index is -1.20. The molecule has 52 valence electrons. The van der Waals surface area contributed by atoms with Crippen LogP contribution in [0.5, 0.6) is 0 Å². The van der Waals surface area contributed by atoms with Crippen LogP contribution in [0.15, 0.2) is 11.6 Å². The SMILES string of the molecule is C/C=C(\CCO)C(=O)[O-]. The average molecular weight is 129 g/mol. The Balaban J connectivity index is 3.85. The van der Waals surface area contributed by atoms with Crippen LogP contribution in [-0.4, -0.2) is 17.7 Å². The zero-order chi connectivity index (χ0) is 7.28. The first-order chi connectivity index (χ1) is 4.22. The van der Waals surface area contributed by atoms with Gasteiger partial charge in [-0.3, -0.25) is 0 Å². The fourth-order valence-electron chi connectivity index (χ4n) is 0.485. The van der Waals surface area contributed by atoms with E-state index >= 15 is 0 Å². The minimum Gasteiger partial charge on any atom is -0.545 e. The lowest BCUT2D eigenvalue weighted by Gasteiger charge is -2.03. The van der Waals surface area contributed by atoms with E-state index in [4.69, 9.17) is 5.11 Å². The van der Waals surface area contributed by atoms with E-state index in [9.17, 15) is 9.90 Å². The van der Waals surface area contributed by atoms with Crippen LogP contribution >= 0.6 is 0 Å². The maximum atomic E-state index is 10.0. The largest absolute Gasteiger partial charge is 0.545 e. The molecule has 0 aromatic heterocycles. The number of aliphatic hydroxyl groups excluding tert-OH is 1. The molecule has 3 nitrogen and oxygen atoms in total. The number of aliphatic hydroxyl groups is 1. The summed E-state index contributed by atoms with van der Waals surface area (Å²) in [5.41, 5.74) is 0.150. The first-order valence-corrected chi connectivity index (χ1v) is 2.69. The van der Waals surface area contributed by atoms with Gasteiger partial charge < -0.3 is 15.0 Å². The molecule has 0 saturated heterocycles. The highest BCUT2D eigenvalue weighted by atomic mass is 16.4. The van der Waals surface area contributed by atoms with E-state index in [-0.39, 0.29) is 18.6 Å². The molecule has 0 aliphatic heterocycles. The summed E-state index contributed by atoms with van der Waals surface area (Å²) in [5, 5.41) is 18.3. The summed E-state index contributed by atoms with van der Waals surface area (Å²) in [5.74, 6) is -1.20. The van der Waals surface area contributed by atoms with E-state index in [1.54, 1.807) is 6.92 Å². The first-order valence-electron chi connectivity index (χ1n) is 2.69. The number of allylic oxidation sites excluding steroid dienone is 1. The second-order valence-electron chi connectivity index (χ2n) is 1.57. The lowest BCUT2D eigenvalue weighted by molar-refractivity contribution is -0.299.